The predicted molar refractivity (Wildman–Crippen MR) is 230 cm³/mol. The van der Waals surface area contributed by atoms with E-state index in [2.05, 4.69) is 202 Å². The summed E-state index contributed by atoms with van der Waals surface area (Å²) < 4.78 is 17.0. The number of hydrogen-bond acceptors (Lipinski definition) is 1. The molecule has 2 aliphatic carbocycles. The van der Waals surface area contributed by atoms with Gasteiger partial charge in [0.25, 0.3) is 0 Å². The molecule has 0 fully saturated rings. The number of fused-ring (bicyclic) bond motifs is 16. The minimum absolute atomic E-state index is 0.413. The number of ether oxygens (including phenoxy) is 1. The SMILES string of the molecule is Cc1c(-c2ccc3c(c2)C2(c4ccccc4-c4ccccc42)c2ccccc2-3)c(C)[n+]2n1-c1cccc3c1C21c2c(cccc2-n2c4ccccc4c4ccc[n+]1c42)O3. The highest BCUT2D eigenvalue weighted by atomic mass is 16.5. The van der Waals surface area contributed by atoms with E-state index < -0.39 is 11.1 Å². The zero-order chi connectivity index (χ0) is 38.5. The first-order valence-corrected chi connectivity index (χ1v) is 20.6. The number of hydrogen-bond donors (Lipinski definition) is 0. The van der Waals surface area contributed by atoms with Crippen molar-refractivity contribution in [3.8, 4) is 56.3 Å². The fraction of sp³-hybridized carbons (Fsp3) is 0.0741. The molecule has 3 aliphatic heterocycles. The molecule has 6 heterocycles. The second-order valence-electron chi connectivity index (χ2n) is 16.9. The van der Waals surface area contributed by atoms with Crippen molar-refractivity contribution in [2.24, 2.45) is 0 Å². The Kier molecular flexibility index (Phi) is 5.16. The molecule has 1 atom stereocenters. The van der Waals surface area contributed by atoms with Gasteiger partial charge >= 0.3 is 11.3 Å². The zero-order valence-electron chi connectivity index (χ0n) is 32.4. The summed E-state index contributed by atoms with van der Waals surface area (Å²) in [6.07, 6.45) is 2.29. The van der Waals surface area contributed by atoms with E-state index in [4.69, 9.17) is 4.74 Å². The first-order valence-electron chi connectivity index (χ1n) is 20.6. The lowest BCUT2D eigenvalue weighted by molar-refractivity contribution is -0.990. The van der Waals surface area contributed by atoms with Gasteiger partial charge in [-0.15, -0.1) is 4.68 Å². The highest BCUT2D eigenvalue weighted by Gasteiger charge is 2.70. The summed E-state index contributed by atoms with van der Waals surface area (Å²) in [6, 6.07) is 61.0. The van der Waals surface area contributed by atoms with Gasteiger partial charge in [-0.05, 0) is 112 Å². The Morgan fingerprint density at radius 1 is 0.525 bits per heavy atom. The van der Waals surface area contributed by atoms with Crippen molar-refractivity contribution in [1.82, 2.24) is 9.25 Å². The molecule has 5 heteroatoms. The lowest BCUT2D eigenvalue weighted by Gasteiger charge is -2.33. The van der Waals surface area contributed by atoms with Crippen molar-refractivity contribution in [1.29, 1.82) is 0 Å². The van der Waals surface area contributed by atoms with Crippen molar-refractivity contribution < 1.29 is 14.0 Å². The molecule has 10 aromatic rings. The fourth-order valence-electron chi connectivity index (χ4n) is 12.6. The molecule has 2 spiro atoms. The number of benzene rings is 7. The minimum Gasteiger partial charge on any atom is -0.456 e. The van der Waals surface area contributed by atoms with E-state index in [9.17, 15) is 0 Å². The molecule has 3 aromatic heterocycles. The van der Waals surface area contributed by atoms with Gasteiger partial charge in [0.2, 0.25) is 5.69 Å². The lowest BCUT2D eigenvalue weighted by Crippen LogP contribution is -2.77. The Balaban J connectivity index is 1.06. The van der Waals surface area contributed by atoms with Gasteiger partial charge in [-0.2, -0.15) is 9.13 Å². The standard InChI is InChI=1S/C54H34N4O/c1-31-49(33-27-28-37-36-16-5-9-21-42(36)53(43(37)30-33)40-19-7-3-14-34(40)35-15-4-8-20-41(35)53)32(2)58-54-50-45(23-11-25-47(50)59-48-26-12-24-46(51(48)54)57(31)58)56-44-22-10-6-17-38(44)39-18-13-29-55(54)52(39)56/h3-30H,1-2H3/q+2. The molecular formula is C54H34N4O+2. The fourth-order valence-corrected chi connectivity index (χ4v) is 12.6. The lowest BCUT2D eigenvalue weighted by atomic mass is 9.70. The van der Waals surface area contributed by atoms with Crippen molar-refractivity contribution in [3.05, 3.63) is 215 Å². The van der Waals surface area contributed by atoms with Crippen LogP contribution in [0.15, 0.2) is 170 Å². The molecule has 274 valence electrons. The normalized spacial score (nSPS) is 17.0. The van der Waals surface area contributed by atoms with Crippen LogP contribution in [0, 0.1) is 13.8 Å². The second kappa shape index (κ2) is 9.95. The average molecular weight is 755 g/mol. The van der Waals surface area contributed by atoms with E-state index in [1.807, 2.05) is 0 Å². The first kappa shape index (κ1) is 30.6. The van der Waals surface area contributed by atoms with E-state index in [0.717, 1.165) is 28.4 Å². The molecule has 0 amide bonds. The van der Waals surface area contributed by atoms with Crippen molar-refractivity contribution >= 4 is 21.9 Å². The quantitative estimate of drug-likeness (QED) is 0.153. The molecule has 5 nitrogen and oxygen atoms in total. The van der Waals surface area contributed by atoms with E-state index in [-0.39, 0.29) is 0 Å². The molecule has 0 radical (unpaired) electrons. The van der Waals surface area contributed by atoms with Crippen molar-refractivity contribution in [2.45, 2.75) is 24.9 Å². The molecule has 7 aromatic carbocycles. The topological polar surface area (TPSA) is 26.8 Å². The zero-order valence-corrected chi connectivity index (χ0v) is 32.4. The molecular weight excluding hydrogens is 721 g/mol. The third-order valence-electron chi connectivity index (χ3n) is 14.5. The van der Waals surface area contributed by atoms with Crippen molar-refractivity contribution in [2.75, 3.05) is 0 Å². The number of para-hydroxylation sites is 1. The van der Waals surface area contributed by atoms with Crippen LogP contribution in [0.5, 0.6) is 11.5 Å². The average Bonchev–Trinajstić information content (AvgIpc) is 4.03. The molecule has 15 rings (SSSR count). The van der Waals surface area contributed by atoms with Crippen LogP contribution in [-0.4, -0.2) is 9.25 Å². The maximum atomic E-state index is 6.94. The van der Waals surface area contributed by atoms with Gasteiger partial charge in [-0.1, -0.05) is 114 Å². The van der Waals surface area contributed by atoms with Gasteiger partial charge < -0.3 is 4.74 Å². The molecule has 59 heavy (non-hydrogen) atoms. The number of aromatic nitrogens is 4. The van der Waals surface area contributed by atoms with E-state index in [1.54, 1.807) is 0 Å². The molecule has 0 bridgehead atoms. The summed E-state index contributed by atoms with van der Waals surface area (Å²) in [4.78, 5) is 0. The largest absolute Gasteiger partial charge is 0.456 e. The number of pyridine rings is 1. The maximum absolute atomic E-state index is 6.94. The van der Waals surface area contributed by atoms with Crippen LogP contribution >= 0.6 is 0 Å². The third-order valence-corrected chi connectivity index (χ3v) is 14.5. The van der Waals surface area contributed by atoms with Gasteiger partial charge in [0, 0.05) is 12.3 Å². The monoisotopic (exact) mass is 754 g/mol. The third kappa shape index (κ3) is 3.11. The van der Waals surface area contributed by atoms with Gasteiger partial charge in [0.05, 0.1) is 28.3 Å². The second-order valence-corrected chi connectivity index (χ2v) is 16.9. The van der Waals surface area contributed by atoms with Crippen LogP contribution in [0.2, 0.25) is 0 Å². The van der Waals surface area contributed by atoms with Crippen LogP contribution in [0.4, 0.5) is 0 Å². The van der Waals surface area contributed by atoms with Gasteiger partial charge in [0.15, 0.2) is 11.3 Å². The maximum Gasteiger partial charge on any atom is 0.397 e. The first-order chi connectivity index (χ1) is 29.1. The molecule has 0 N–H and O–H groups in total. The molecule has 1 unspecified atom stereocenters. The highest BCUT2D eigenvalue weighted by Crippen LogP contribution is 2.63. The number of rotatable bonds is 1. The van der Waals surface area contributed by atoms with E-state index in [1.165, 1.54) is 94.5 Å². The predicted octanol–water partition coefficient (Wildman–Crippen LogP) is 10.8. The number of nitrogens with zero attached hydrogens (tertiary/aromatic N) is 4. The van der Waals surface area contributed by atoms with Gasteiger partial charge in [0.1, 0.15) is 28.3 Å². The summed E-state index contributed by atoms with van der Waals surface area (Å²) >= 11 is 0. The smallest absolute Gasteiger partial charge is 0.397 e. The Morgan fingerprint density at radius 3 is 1.83 bits per heavy atom. The summed E-state index contributed by atoms with van der Waals surface area (Å²) in [6.45, 7) is 4.64. The Morgan fingerprint density at radius 2 is 1.12 bits per heavy atom. The van der Waals surface area contributed by atoms with Crippen LogP contribution in [0.1, 0.15) is 44.8 Å². The van der Waals surface area contributed by atoms with Crippen LogP contribution in [0.3, 0.4) is 0 Å². The van der Waals surface area contributed by atoms with Crippen LogP contribution in [-0.2, 0) is 11.1 Å². The molecule has 0 saturated carbocycles. The summed E-state index contributed by atoms with van der Waals surface area (Å²) in [5, 5.41) is 2.48. The summed E-state index contributed by atoms with van der Waals surface area (Å²) in [7, 11) is 0. The molecule has 0 saturated heterocycles. The summed E-state index contributed by atoms with van der Waals surface area (Å²) in [5.41, 5.74) is 21.4. The van der Waals surface area contributed by atoms with Gasteiger partial charge in [-0.25, -0.2) is 0 Å². The van der Waals surface area contributed by atoms with Crippen molar-refractivity contribution in [3.63, 3.8) is 0 Å². The highest BCUT2D eigenvalue weighted by molar-refractivity contribution is 6.07. The molecule has 5 aliphatic rings. The minimum atomic E-state index is -0.745. The van der Waals surface area contributed by atoms with E-state index >= 15 is 0 Å². The van der Waals surface area contributed by atoms with Crippen LogP contribution < -0.4 is 14.0 Å². The Hall–Kier alpha value is -7.50. The Bertz CT molecular complexity index is 3580. The summed E-state index contributed by atoms with van der Waals surface area (Å²) in [5.74, 6) is 1.78. The Labute approximate surface area is 339 Å². The van der Waals surface area contributed by atoms with E-state index in [0.29, 0.717) is 0 Å². The van der Waals surface area contributed by atoms with Gasteiger partial charge in [-0.3, -0.25) is 0 Å². The van der Waals surface area contributed by atoms with Crippen LogP contribution in [0.25, 0.3) is 66.7 Å².